The standard InChI is InChI=1S/C17H21N3O5/c1-10(2)11(3)18-14(21)9-19-15(22)16(23)20(17(19)24)12-5-7-13(25-4)8-6-12/h5-8,10-11H,9H2,1-4H3,(H,18,21)/t11-/m1/s1. The van der Waals surface area contributed by atoms with Crippen LogP contribution in [0.25, 0.3) is 0 Å². The van der Waals surface area contributed by atoms with Gasteiger partial charge in [0.15, 0.2) is 0 Å². The largest absolute Gasteiger partial charge is 0.497 e. The predicted octanol–water partition coefficient (Wildman–Crippen LogP) is 1.15. The number of carbonyl (C=O) groups is 4. The number of benzene rings is 1. The maximum Gasteiger partial charge on any atom is 0.339 e. The van der Waals surface area contributed by atoms with E-state index in [1.54, 1.807) is 12.1 Å². The summed E-state index contributed by atoms with van der Waals surface area (Å²) in [5.74, 6) is -1.75. The first kappa shape index (κ1) is 18.4. The van der Waals surface area contributed by atoms with Gasteiger partial charge in [0.05, 0.1) is 12.8 Å². The molecule has 1 atom stereocenters. The smallest absolute Gasteiger partial charge is 0.339 e. The molecule has 1 aliphatic rings. The zero-order chi connectivity index (χ0) is 18.7. The van der Waals surface area contributed by atoms with Crippen LogP contribution in [0.5, 0.6) is 5.75 Å². The molecule has 25 heavy (non-hydrogen) atoms. The van der Waals surface area contributed by atoms with E-state index in [2.05, 4.69) is 5.32 Å². The van der Waals surface area contributed by atoms with Crippen molar-refractivity contribution in [3.8, 4) is 5.75 Å². The summed E-state index contributed by atoms with van der Waals surface area (Å²) in [5, 5.41) is 2.70. The molecule has 1 aromatic carbocycles. The fourth-order valence-electron chi connectivity index (χ4n) is 2.21. The van der Waals surface area contributed by atoms with Gasteiger partial charge in [-0.3, -0.25) is 14.4 Å². The van der Waals surface area contributed by atoms with E-state index in [0.29, 0.717) is 10.6 Å². The number of carbonyl (C=O) groups excluding carboxylic acids is 4. The molecule has 0 saturated carbocycles. The SMILES string of the molecule is COc1ccc(N2C(=O)C(=O)N(CC(=O)N[C@H](C)C(C)C)C2=O)cc1. The topological polar surface area (TPSA) is 96.0 Å². The van der Waals surface area contributed by atoms with Crippen molar-refractivity contribution in [2.75, 3.05) is 18.6 Å². The van der Waals surface area contributed by atoms with E-state index in [1.165, 1.54) is 19.2 Å². The van der Waals surface area contributed by atoms with Crippen molar-refractivity contribution in [2.24, 2.45) is 5.92 Å². The number of amides is 5. The van der Waals surface area contributed by atoms with E-state index < -0.39 is 30.3 Å². The zero-order valence-electron chi connectivity index (χ0n) is 14.6. The summed E-state index contributed by atoms with van der Waals surface area (Å²) < 4.78 is 5.02. The number of ether oxygens (including phenoxy) is 1. The van der Waals surface area contributed by atoms with Gasteiger partial charge in [0, 0.05) is 6.04 Å². The van der Waals surface area contributed by atoms with Crippen LogP contribution in [0.15, 0.2) is 24.3 Å². The maximum atomic E-state index is 12.4. The number of anilines is 1. The average molecular weight is 347 g/mol. The normalized spacial score (nSPS) is 15.8. The first-order valence-corrected chi connectivity index (χ1v) is 7.89. The van der Waals surface area contributed by atoms with E-state index in [9.17, 15) is 19.2 Å². The summed E-state index contributed by atoms with van der Waals surface area (Å²) in [6.45, 7) is 5.20. The van der Waals surface area contributed by atoms with E-state index in [1.807, 2.05) is 20.8 Å². The molecule has 0 bridgehead atoms. The van der Waals surface area contributed by atoms with Gasteiger partial charge in [-0.1, -0.05) is 13.8 Å². The Kier molecular flexibility index (Phi) is 5.41. The van der Waals surface area contributed by atoms with Gasteiger partial charge in [-0.2, -0.15) is 0 Å². The lowest BCUT2D eigenvalue weighted by Gasteiger charge is -2.19. The second-order valence-corrected chi connectivity index (χ2v) is 6.11. The molecule has 1 heterocycles. The molecule has 0 aliphatic carbocycles. The van der Waals surface area contributed by atoms with Crippen LogP contribution >= 0.6 is 0 Å². The monoisotopic (exact) mass is 347 g/mol. The lowest BCUT2D eigenvalue weighted by Crippen LogP contribution is -2.45. The van der Waals surface area contributed by atoms with Crippen molar-refractivity contribution < 1.29 is 23.9 Å². The number of imide groups is 2. The molecule has 1 aliphatic heterocycles. The lowest BCUT2D eigenvalue weighted by atomic mass is 10.1. The quantitative estimate of drug-likeness (QED) is 0.615. The van der Waals surface area contributed by atoms with Crippen molar-refractivity contribution in [3.05, 3.63) is 24.3 Å². The maximum absolute atomic E-state index is 12.4. The highest BCUT2D eigenvalue weighted by molar-refractivity contribution is 6.53. The minimum absolute atomic E-state index is 0.117. The number of nitrogens with zero attached hydrogens (tertiary/aromatic N) is 2. The fourth-order valence-corrected chi connectivity index (χ4v) is 2.21. The molecule has 1 N–H and O–H groups in total. The fraction of sp³-hybridized carbons (Fsp3) is 0.412. The molecular formula is C17H21N3O5. The van der Waals surface area contributed by atoms with E-state index in [0.717, 1.165) is 4.90 Å². The molecule has 0 aromatic heterocycles. The second-order valence-electron chi connectivity index (χ2n) is 6.11. The van der Waals surface area contributed by atoms with Crippen molar-refractivity contribution in [3.63, 3.8) is 0 Å². The molecule has 0 spiro atoms. The highest BCUT2D eigenvalue weighted by atomic mass is 16.5. The summed E-state index contributed by atoms with van der Waals surface area (Å²) in [4.78, 5) is 50.1. The summed E-state index contributed by atoms with van der Waals surface area (Å²) in [6, 6.07) is 5.17. The van der Waals surface area contributed by atoms with Crippen molar-refractivity contribution in [1.29, 1.82) is 0 Å². The van der Waals surface area contributed by atoms with Crippen LogP contribution in [-0.2, 0) is 14.4 Å². The van der Waals surface area contributed by atoms with Crippen molar-refractivity contribution in [2.45, 2.75) is 26.8 Å². The molecule has 1 saturated heterocycles. The highest BCUT2D eigenvalue weighted by Gasteiger charge is 2.46. The summed E-state index contributed by atoms with van der Waals surface area (Å²) in [5.41, 5.74) is 0.239. The molecule has 0 radical (unpaired) electrons. The number of hydrogen-bond acceptors (Lipinski definition) is 5. The number of urea groups is 1. The first-order chi connectivity index (χ1) is 11.8. The Labute approximate surface area is 145 Å². The van der Waals surface area contributed by atoms with Gasteiger partial charge in [-0.05, 0) is 37.1 Å². The Hall–Kier alpha value is -2.90. The summed E-state index contributed by atoms with van der Waals surface area (Å²) in [6.07, 6.45) is 0. The summed E-state index contributed by atoms with van der Waals surface area (Å²) in [7, 11) is 1.49. The van der Waals surface area contributed by atoms with Crippen LogP contribution in [0.2, 0.25) is 0 Å². The van der Waals surface area contributed by atoms with E-state index in [4.69, 9.17) is 4.74 Å². The lowest BCUT2D eigenvalue weighted by molar-refractivity contribution is -0.140. The Morgan fingerprint density at radius 3 is 2.20 bits per heavy atom. The van der Waals surface area contributed by atoms with Crippen LogP contribution in [-0.4, -0.2) is 48.3 Å². The zero-order valence-corrected chi connectivity index (χ0v) is 14.6. The van der Waals surface area contributed by atoms with Crippen molar-refractivity contribution >= 4 is 29.4 Å². The minimum atomic E-state index is -1.02. The van der Waals surface area contributed by atoms with Crippen LogP contribution in [0.1, 0.15) is 20.8 Å². The van der Waals surface area contributed by atoms with Gasteiger partial charge >= 0.3 is 17.8 Å². The van der Waals surface area contributed by atoms with Gasteiger partial charge in [0.25, 0.3) is 0 Å². The second kappa shape index (κ2) is 7.33. The van der Waals surface area contributed by atoms with Gasteiger partial charge in [0.2, 0.25) is 5.91 Å². The molecule has 5 amide bonds. The third-order valence-corrected chi connectivity index (χ3v) is 4.07. The molecule has 0 unspecified atom stereocenters. The van der Waals surface area contributed by atoms with Crippen molar-refractivity contribution in [1.82, 2.24) is 10.2 Å². The molecule has 2 rings (SSSR count). The number of hydrogen-bond donors (Lipinski definition) is 1. The summed E-state index contributed by atoms with van der Waals surface area (Å²) >= 11 is 0. The van der Waals surface area contributed by atoms with Crippen LogP contribution in [0.4, 0.5) is 10.5 Å². The molecule has 8 nitrogen and oxygen atoms in total. The molecular weight excluding hydrogens is 326 g/mol. The Morgan fingerprint density at radius 1 is 1.08 bits per heavy atom. The number of methoxy groups -OCH3 is 1. The Bertz CT molecular complexity index is 699. The molecule has 1 fully saturated rings. The highest BCUT2D eigenvalue weighted by Crippen LogP contribution is 2.24. The van der Waals surface area contributed by atoms with E-state index in [-0.39, 0.29) is 17.6 Å². The Balaban J connectivity index is 2.14. The Morgan fingerprint density at radius 2 is 1.68 bits per heavy atom. The average Bonchev–Trinajstić information content (AvgIpc) is 2.78. The van der Waals surface area contributed by atoms with Gasteiger partial charge < -0.3 is 10.1 Å². The van der Waals surface area contributed by atoms with E-state index >= 15 is 0 Å². The molecule has 134 valence electrons. The van der Waals surface area contributed by atoms with Gasteiger partial charge in [0.1, 0.15) is 12.3 Å². The first-order valence-electron chi connectivity index (χ1n) is 7.89. The third-order valence-electron chi connectivity index (χ3n) is 4.07. The van der Waals surface area contributed by atoms with Crippen LogP contribution in [0, 0.1) is 5.92 Å². The predicted molar refractivity (Wildman–Crippen MR) is 90.0 cm³/mol. The molecule has 8 heteroatoms. The number of nitrogens with one attached hydrogen (secondary N) is 1. The number of rotatable bonds is 6. The minimum Gasteiger partial charge on any atom is -0.497 e. The van der Waals surface area contributed by atoms with Gasteiger partial charge in [-0.15, -0.1) is 0 Å². The van der Waals surface area contributed by atoms with Crippen LogP contribution in [0.3, 0.4) is 0 Å². The molecule has 1 aromatic rings. The van der Waals surface area contributed by atoms with Crippen LogP contribution < -0.4 is 15.0 Å². The van der Waals surface area contributed by atoms with Gasteiger partial charge in [-0.25, -0.2) is 14.6 Å². The third kappa shape index (κ3) is 3.78.